The van der Waals surface area contributed by atoms with Gasteiger partial charge >= 0.3 is 0 Å². The Morgan fingerprint density at radius 1 is 1.03 bits per heavy atom. The average Bonchev–Trinajstić information content (AvgIpc) is 2.83. The highest BCUT2D eigenvalue weighted by atomic mass is 19.1. The molecule has 0 aliphatic carbocycles. The van der Waals surface area contributed by atoms with Crippen LogP contribution >= 0.6 is 0 Å². The monoisotopic (exact) mass is 418 g/mol. The Balaban J connectivity index is 1.28. The molecule has 5 nitrogen and oxygen atoms in total. The molecule has 1 atom stereocenters. The zero-order valence-corrected chi connectivity index (χ0v) is 17.5. The molecule has 0 saturated carbocycles. The number of rotatable bonds is 7. The Labute approximate surface area is 182 Å². The molecule has 0 spiro atoms. The summed E-state index contributed by atoms with van der Waals surface area (Å²) >= 11 is 0. The summed E-state index contributed by atoms with van der Waals surface area (Å²) < 4.78 is 13.1. The van der Waals surface area contributed by atoms with Crippen LogP contribution in [0.15, 0.2) is 67.0 Å². The van der Waals surface area contributed by atoms with E-state index in [2.05, 4.69) is 32.3 Å². The van der Waals surface area contributed by atoms with Gasteiger partial charge in [-0.25, -0.2) is 14.4 Å². The van der Waals surface area contributed by atoms with Crippen molar-refractivity contribution < 1.29 is 9.18 Å². The normalized spacial score (nSPS) is 16.2. The molecule has 1 aliphatic rings. The topological polar surface area (TPSA) is 58.1 Å². The molecule has 160 valence electrons. The first-order valence-electron chi connectivity index (χ1n) is 10.8. The number of hydrogen-bond donors (Lipinski definition) is 1. The molecule has 1 aliphatic heterocycles. The van der Waals surface area contributed by atoms with Crippen molar-refractivity contribution in [1.29, 1.82) is 0 Å². The number of aryl methyl sites for hydroxylation is 1. The first-order chi connectivity index (χ1) is 15.2. The Kier molecular flexibility index (Phi) is 6.87. The fourth-order valence-electron chi connectivity index (χ4n) is 3.94. The summed E-state index contributed by atoms with van der Waals surface area (Å²) in [5.74, 6) is 0.429. The van der Waals surface area contributed by atoms with E-state index in [0.717, 1.165) is 43.4 Å². The van der Waals surface area contributed by atoms with Gasteiger partial charge in [-0.15, -0.1) is 0 Å². The fourth-order valence-corrected chi connectivity index (χ4v) is 3.94. The van der Waals surface area contributed by atoms with Crippen molar-refractivity contribution in [1.82, 2.24) is 15.3 Å². The van der Waals surface area contributed by atoms with Crippen molar-refractivity contribution >= 4 is 11.9 Å². The van der Waals surface area contributed by atoms with Crippen LogP contribution in [0.25, 0.3) is 11.1 Å². The van der Waals surface area contributed by atoms with Gasteiger partial charge in [0.25, 0.3) is 0 Å². The molecule has 6 heteroatoms. The van der Waals surface area contributed by atoms with E-state index in [0.29, 0.717) is 19.0 Å². The van der Waals surface area contributed by atoms with Crippen molar-refractivity contribution in [2.75, 3.05) is 24.5 Å². The van der Waals surface area contributed by atoms with Gasteiger partial charge in [0, 0.05) is 37.6 Å². The van der Waals surface area contributed by atoms with Gasteiger partial charge in [-0.3, -0.25) is 4.79 Å². The first-order valence-corrected chi connectivity index (χ1v) is 10.8. The average molecular weight is 419 g/mol. The van der Waals surface area contributed by atoms with Crippen LogP contribution in [0.2, 0.25) is 0 Å². The number of anilines is 1. The second kappa shape index (κ2) is 10.2. The van der Waals surface area contributed by atoms with E-state index in [1.807, 2.05) is 18.2 Å². The Morgan fingerprint density at radius 2 is 1.77 bits per heavy atom. The summed E-state index contributed by atoms with van der Waals surface area (Å²) in [6, 6.07) is 16.6. The second-order valence-corrected chi connectivity index (χ2v) is 7.94. The van der Waals surface area contributed by atoms with Gasteiger partial charge in [0.2, 0.25) is 11.9 Å². The highest BCUT2D eigenvalue weighted by molar-refractivity contribution is 5.79. The van der Waals surface area contributed by atoms with Crippen LogP contribution < -0.4 is 10.2 Å². The predicted octanol–water partition coefficient (Wildman–Crippen LogP) is 4.25. The number of halogens is 1. The molecule has 4 rings (SSSR count). The minimum Gasteiger partial charge on any atom is -0.356 e. The number of amides is 1. The number of carbonyl (C=O) groups excluding carboxylic acids is 1. The number of piperidine rings is 1. The van der Waals surface area contributed by atoms with Crippen molar-refractivity contribution in [3.63, 3.8) is 0 Å². The van der Waals surface area contributed by atoms with Gasteiger partial charge in [0.1, 0.15) is 5.82 Å². The summed E-state index contributed by atoms with van der Waals surface area (Å²) in [5.41, 5.74) is 3.01. The van der Waals surface area contributed by atoms with Gasteiger partial charge in [-0.1, -0.05) is 42.5 Å². The molecular formula is C25H27FN4O. The highest BCUT2D eigenvalue weighted by Crippen LogP contribution is 2.23. The summed E-state index contributed by atoms with van der Waals surface area (Å²) in [6.07, 6.45) is 7.22. The maximum absolute atomic E-state index is 13.1. The molecule has 1 amide bonds. The summed E-state index contributed by atoms with van der Waals surface area (Å²) in [4.78, 5) is 23.7. The van der Waals surface area contributed by atoms with Crippen LogP contribution in [-0.2, 0) is 11.2 Å². The highest BCUT2D eigenvalue weighted by Gasteiger charge is 2.26. The number of nitrogens with one attached hydrogen (secondary N) is 1. The molecule has 1 fully saturated rings. The van der Waals surface area contributed by atoms with Crippen molar-refractivity contribution in [3.8, 4) is 11.1 Å². The molecule has 0 radical (unpaired) electrons. The number of nitrogens with zero attached hydrogens (tertiary/aromatic N) is 3. The third kappa shape index (κ3) is 5.66. The molecule has 1 aromatic heterocycles. The molecule has 31 heavy (non-hydrogen) atoms. The van der Waals surface area contributed by atoms with E-state index in [9.17, 15) is 9.18 Å². The summed E-state index contributed by atoms with van der Waals surface area (Å²) in [6.45, 7) is 2.15. The molecule has 2 heterocycles. The summed E-state index contributed by atoms with van der Waals surface area (Å²) in [7, 11) is 0. The zero-order chi connectivity index (χ0) is 21.5. The molecule has 0 bridgehead atoms. The lowest BCUT2D eigenvalue weighted by Crippen LogP contribution is -2.44. The lowest BCUT2D eigenvalue weighted by atomic mass is 9.97. The van der Waals surface area contributed by atoms with Gasteiger partial charge in [0.15, 0.2) is 0 Å². The minimum absolute atomic E-state index is 0.0501. The van der Waals surface area contributed by atoms with Gasteiger partial charge in [0.05, 0.1) is 5.92 Å². The van der Waals surface area contributed by atoms with Crippen LogP contribution in [0.5, 0.6) is 0 Å². The number of carbonyl (C=O) groups is 1. The molecule has 1 N–H and O–H groups in total. The predicted molar refractivity (Wildman–Crippen MR) is 120 cm³/mol. The van der Waals surface area contributed by atoms with Crippen LogP contribution in [0.4, 0.5) is 10.3 Å². The lowest BCUT2D eigenvalue weighted by Gasteiger charge is -2.32. The molecule has 1 saturated heterocycles. The minimum atomic E-state index is -0.265. The van der Waals surface area contributed by atoms with Crippen molar-refractivity contribution in [2.45, 2.75) is 25.7 Å². The number of hydrogen-bond acceptors (Lipinski definition) is 4. The maximum Gasteiger partial charge on any atom is 0.225 e. The van der Waals surface area contributed by atoms with Gasteiger partial charge in [-0.2, -0.15) is 0 Å². The second-order valence-electron chi connectivity index (χ2n) is 7.94. The Hall–Kier alpha value is -3.28. The molecule has 3 aromatic rings. The molecule has 2 aromatic carbocycles. The van der Waals surface area contributed by atoms with E-state index < -0.39 is 0 Å². The quantitative estimate of drug-likeness (QED) is 0.583. The first kappa shape index (κ1) is 21.0. The van der Waals surface area contributed by atoms with Crippen LogP contribution in [-0.4, -0.2) is 35.5 Å². The van der Waals surface area contributed by atoms with E-state index in [1.165, 1.54) is 17.7 Å². The third-order valence-electron chi connectivity index (χ3n) is 5.68. The van der Waals surface area contributed by atoms with Crippen LogP contribution in [0, 0.1) is 11.7 Å². The SMILES string of the molecule is O=C(NCCCc1ccccc1)[C@H]1CCCN(c2ncc(-c3ccc(F)cc3)cn2)C1. The fraction of sp³-hybridized carbons (Fsp3) is 0.320. The Morgan fingerprint density at radius 3 is 2.52 bits per heavy atom. The van der Waals surface area contributed by atoms with Crippen LogP contribution in [0.1, 0.15) is 24.8 Å². The van der Waals surface area contributed by atoms with Gasteiger partial charge < -0.3 is 10.2 Å². The van der Waals surface area contributed by atoms with Crippen LogP contribution in [0.3, 0.4) is 0 Å². The zero-order valence-electron chi connectivity index (χ0n) is 17.5. The summed E-state index contributed by atoms with van der Waals surface area (Å²) in [5, 5.41) is 3.09. The van der Waals surface area contributed by atoms with Crippen molar-refractivity contribution in [3.05, 3.63) is 78.4 Å². The number of aromatic nitrogens is 2. The maximum atomic E-state index is 13.1. The largest absolute Gasteiger partial charge is 0.356 e. The standard InChI is InChI=1S/C25H27FN4O/c26-23-12-10-20(11-13-23)22-16-28-25(29-17-22)30-15-5-9-21(18-30)24(31)27-14-4-8-19-6-2-1-3-7-19/h1-3,6-7,10-13,16-17,21H,4-5,8-9,14-15,18H2,(H,27,31)/t21-/m0/s1. The smallest absolute Gasteiger partial charge is 0.225 e. The van der Waals surface area contributed by atoms with E-state index in [4.69, 9.17) is 0 Å². The third-order valence-corrected chi connectivity index (χ3v) is 5.68. The van der Waals surface area contributed by atoms with Gasteiger partial charge in [-0.05, 0) is 48.9 Å². The molecular weight excluding hydrogens is 391 g/mol. The van der Waals surface area contributed by atoms with E-state index in [-0.39, 0.29) is 17.6 Å². The molecule has 0 unspecified atom stereocenters. The van der Waals surface area contributed by atoms with E-state index in [1.54, 1.807) is 24.5 Å². The lowest BCUT2D eigenvalue weighted by molar-refractivity contribution is -0.125. The Bertz CT molecular complexity index is 977. The van der Waals surface area contributed by atoms with E-state index >= 15 is 0 Å². The van der Waals surface area contributed by atoms with Crippen molar-refractivity contribution in [2.24, 2.45) is 5.92 Å². The number of benzene rings is 2.